The number of hydrogen-bond acceptors (Lipinski definition) is 3. The van der Waals surface area contributed by atoms with Crippen LogP contribution in [0.15, 0.2) is 18.2 Å². The van der Waals surface area contributed by atoms with Crippen molar-refractivity contribution in [1.82, 2.24) is 0 Å². The van der Waals surface area contributed by atoms with Crippen LogP contribution in [-0.2, 0) is 0 Å². The molecule has 0 fully saturated rings. The monoisotopic (exact) mass is 149 g/mol. The summed E-state index contributed by atoms with van der Waals surface area (Å²) in [5.74, 6) is 0.371. The lowest BCUT2D eigenvalue weighted by molar-refractivity contribution is 0.373. The SMILES string of the molecule is COc1ccc(C#N)cc1O. The molecule has 1 aromatic rings. The van der Waals surface area contributed by atoms with Crippen molar-refractivity contribution < 1.29 is 9.84 Å². The number of rotatable bonds is 1. The van der Waals surface area contributed by atoms with Crippen LogP contribution < -0.4 is 4.74 Å². The summed E-state index contributed by atoms with van der Waals surface area (Å²) in [7, 11) is 1.46. The Morgan fingerprint density at radius 3 is 2.73 bits per heavy atom. The number of benzene rings is 1. The first kappa shape index (κ1) is 7.42. The van der Waals surface area contributed by atoms with Gasteiger partial charge in [0.1, 0.15) is 0 Å². The van der Waals surface area contributed by atoms with E-state index < -0.39 is 0 Å². The molecule has 0 aromatic heterocycles. The number of phenols is 1. The van der Waals surface area contributed by atoms with Gasteiger partial charge < -0.3 is 9.84 Å². The quantitative estimate of drug-likeness (QED) is 0.654. The third-order valence-electron chi connectivity index (χ3n) is 1.31. The minimum absolute atomic E-state index is 0.00782. The fourth-order valence-electron chi connectivity index (χ4n) is 0.760. The standard InChI is InChI=1S/C8H7NO2/c1-11-8-3-2-6(5-9)4-7(8)10/h2-4,10H,1H3. The minimum Gasteiger partial charge on any atom is -0.504 e. The number of aromatic hydroxyl groups is 1. The van der Waals surface area contributed by atoms with E-state index in [2.05, 4.69) is 0 Å². The Morgan fingerprint density at radius 1 is 1.55 bits per heavy atom. The van der Waals surface area contributed by atoms with Gasteiger partial charge in [0.05, 0.1) is 18.7 Å². The number of methoxy groups -OCH3 is 1. The van der Waals surface area contributed by atoms with E-state index in [1.807, 2.05) is 6.07 Å². The van der Waals surface area contributed by atoms with Gasteiger partial charge >= 0.3 is 0 Å². The summed E-state index contributed by atoms with van der Waals surface area (Å²) < 4.78 is 4.79. The van der Waals surface area contributed by atoms with Crippen LogP contribution in [0.3, 0.4) is 0 Å². The molecule has 1 aromatic carbocycles. The molecule has 0 unspecified atom stereocenters. The molecule has 0 aliphatic rings. The molecule has 3 heteroatoms. The van der Waals surface area contributed by atoms with Crippen LogP contribution in [0.1, 0.15) is 5.56 Å². The summed E-state index contributed by atoms with van der Waals surface area (Å²) in [6, 6.07) is 6.39. The summed E-state index contributed by atoms with van der Waals surface area (Å²) in [6.07, 6.45) is 0. The van der Waals surface area contributed by atoms with Crippen molar-refractivity contribution in [1.29, 1.82) is 5.26 Å². The van der Waals surface area contributed by atoms with E-state index in [-0.39, 0.29) is 5.75 Å². The van der Waals surface area contributed by atoms with Gasteiger partial charge in [-0.3, -0.25) is 0 Å². The Morgan fingerprint density at radius 2 is 2.27 bits per heavy atom. The second-order valence-corrected chi connectivity index (χ2v) is 2.00. The zero-order valence-electron chi connectivity index (χ0n) is 6.03. The lowest BCUT2D eigenvalue weighted by atomic mass is 10.2. The van der Waals surface area contributed by atoms with Crippen molar-refractivity contribution in [3.63, 3.8) is 0 Å². The lowest BCUT2D eigenvalue weighted by Gasteiger charge is -2.01. The van der Waals surface area contributed by atoms with Crippen LogP contribution in [0, 0.1) is 11.3 Å². The molecular weight excluding hydrogens is 142 g/mol. The summed E-state index contributed by atoms with van der Waals surface area (Å²) in [4.78, 5) is 0. The maximum atomic E-state index is 9.15. The van der Waals surface area contributed by atoms with Crippen molar-refractivity contribution >= 4 is 0 Å². The normalized spacial score (nSPS) is 8.73. The first-order chi connectivity index (χ1) is 5.27. The molecule has 0 saturated carbocycles. The molecule has 0 bridgehead atoms. The largest absolute Gasteiger partial charge is 0.504 e. The second kappa shape index (κ2) is 2.93. The number of phenolic OH excluding ortho intramolecular Hbond substituents is 1. The summed E-state index contributed by atoms with van der Waals surface area (Å²) in [5, 5.41) is 17.6. The van der Waals surface area contributed by atoms with Gasteiger partial charge in [-0.05, 0) is 12.1 Å². The molecule has 0 saturated heterocycles. The van der Waals surface area contributed by atoms with Gasteiger partial charge in [-0.2, -0.15) is 5.26 Å². The van der Waals surface area contributed by atoms with E-state index >= 15 is 0 Å². The van der Waals surface area contributed by atoms with Crippen LogP contribution in [0.5, 0.6) is 11.5 Å². The van der Waals surface area contributed by atoms with Gasteiger partial charge in [-0.15, -0.1) is 0 Å². The Hall–Kier alpha value is -1.69. The Bertz CT molecular complexity index is 301. The van der Waals surface area contributed by atoms with Crippen LogP contribution in [0.2, 0.25) is 0 Å². The molecule has 11 heavy (non-hydrogen) atoms. The Balaban J connectivity index is 3.12. The zero-order valence-corrected chi connectivity index (χ0v) is 6.03. The van der Waals surface area contributed by atoms with E-state index in [1.165, 1.54) is 13.2 Å². The van der Waals surface area contributed by atoms with Gasteiger partial charge in [-0.1, -0.05) is 0 Å². The van der Waals surface area contributed by atoms with E-state index in [4.69, 9.17) is 15.1 Å². The van der Waals surface area contributed by atoms with Crippen molar-refractivity contribution in [3.8, 4) is 17.6 Å². The third kappa shape index (κ3) is 1.41. The molecule has 0 radical (unpaired) electrons. The van der Waals surface area contributed by atoms with Crippen LogP contribution in [-0.4, -0.2) is 12.2 Å². The minimum atomic E-state index is -0.00782. The molecule has 56 valence electrons. The van der Waals surface area contributed by atoms with Crippen LogP contribution in [0.4, 0.5) is 0 Å². The maximum Gasteiger partial charge on any atom is 0.160 e. The lowest BCUT2D eigenvalue weighted by Crippen LogP contribution is -1.83. The topological polar surface area (TPSA) is 53.2 Å². The van der Waals surface area contributed by atoms with E-state index in [1.54, 1.807) is 12.1 Å². The van der Waals surface area contributed by atoms with Crippen molar-refractivity contribution in [2.24, 2.45) is 0 Å². The molecule has 0 amide bonds. The summed E-state index contributed by atoms with van der Waals surface area (Å²) in [5.41, 5.74) is 0.420. The number of nitriles is 1. The third-order valence-corrected chi connectivity index (χ3v) is 1.31. The molecule has 1 rings (SSSR count). The first-order valence-electron chi connectivity index (χ1n) is 3.05. The highest BCUT2D eigenvalue weighted by atomic mass is 16.5. The Labute approximate surface area is 64.5 Å². The highest BCUT2D eigenvalue weighted by Crippen LogP contribution is 2.25. The average Bonchev–Trinajstić information content (AvgIpc) is 2.04. The predicted molar refractivity (Wildman–Crippen MR) is 39.4 cm³/mol. The van der Waals surface area contributed by atoms with Crippen LogP contribution in [0.25, 0.3) is 0 Å². The fraction of sp³-hybridized carbons (Fsp3) is 0.125. The highest BCUT2D eigenvalue weighted by Gasteiger charge is 2.00. The number of nitrogens with zero attached hydrogens (tertiary/aromatic N) is 1. The van der Waals surface area contributed by atoms with Gasteiger partial charge in [-0.25, -0.2) is 0 Å². The smallest absolute Gasteiger partial charge is 0.160 e. The fourth-order valence-corrected chi connectivity index (χ4v) is 0.760. The average molecular weight is 149 g/mol. The summed E-state index contributed by atoms with van der Waals surface area (Å²) in [6.45, 7) is 0. The molecular formula is C8H7NO2. The summed E-state index contributed by atoms with van der Waals surface area (Å²) >= 11 is 0. The van der Waals surface area contributed by atoms with Gasteiger partial charge in [0.15, 0.2) is 11.5 Å². The van der Waals surface area contributed by atoms with Gasteiger partial charge in [0.2, 0.25) is 0 Å². The molecule has 0 spiro atoms. The van der Waals surface area contributed by atoms with Crippen LogP contribution >= 0.6 is 0 Å². The molecule has 0 atom stereocenters. The second-order valence-electron chi connectivity index (χ2n) is 2.00. The Kier molecular flexibility index (Phi) is 1.98. The first-order valence-corrected chi connectivity index (χ1v) is 3.05. The zero-order chi connectivity index (χ0) is 8.27. The molecule has 0 heterocycles. The number of ether oxygens (including phenoxy) is 1. The predicted octanol–water partition coefficient (Wildman–Crippen LogP) is 1.27. The van der Waals surface area contributed by atoms with E-state index in [0.717, 1.165) is 0 Å². The van der Waals surface area contributed by atoms with E-state index in [0.29, 0.717) is 11.3 Å². The number of hydrogen-bond donors (Lipinski definition) is 1. The molecule has 0 aliphatic carbocycles. The van der Waals surface area contributed by atoms with E-state index in [9.17, 15) is 0 Å². The molecule has 1 N–H and O–H groups in total. The van der Waals surface area contributed by atoms with Crippen molar-refractivity contribution in [2.75, 3.05) is 7.11 Å². The molecule has 3 nitrogen and oxygen atoms in total. The molecule has 0 aliphatic heterocycles. The van der Waals surface area contributed by atoms with Crippen molar-refractivity contribution in [2.45, 2.75) is 0 Å². The maximum absolute atomic E-state index is 9.15. The van der Waals surface area contributed by atoms with Crippen molar-refractivity contribution in [3.05, 3.63) is 23.8 Å². The van der Waals surface area contributed by atoms with Gasteiger partial charge in [0, 0.05) is 6.07 Å². The van der Waals surface area contributed by atoms with Gasteiger partial charge in [0.25, 0.3) is 0 Å². The highest BCUT2D eigenvalue weighted by molar-refractivity contribution is 5.45.